The molecule has 0 saturated carbocycles. The van der Waals surface area contributed by atoms with Crippen molar-refractivity contribution in [2.45, 2.75) is 39.0 Å². The molecule has 0 bridgehead atoms. The van der Waals surface area contributed by atoms with Crippen molar-refractivity contribution in [1.29, 1.82) is 0 Å². The molecule has 6 aromatic carbocycles. The van der Waals surface area contributed by atoms with Gasteiger partial charge < -0.3 is 20.1 Å². The summed E-state index contributed by atoms with van der Waals surface area (Å²) in [5.41, 5.74) is 6.26. The lowest BCUT2D eigenvalue weighted by molar-refractivity contribution is -0.137. The Balaban J connectivity index is 1.34. The number of carboxylic acids is 1. The van der Waals surface area contributed by atoms with Gasteiger partial charge in [0, 0.05) is 10.6 Å². The topological polar surface area (TPSA) is 95.9 Å². The summed E-state index contributed by atoms with van der Waals surface area (Å²) in [5.74, 6) is -1.28. The first-order chi connectivity index (χ1) is 25.6. The number of nitrogens with zero attached hydrogens (tertiary/aromatic N) is 1. The summed E-state index contributed by atoms with van der Waals surface area (Å²) in [4.78, 5) is 42.3. The predicted octanol–water partition coefficient (Wildman–Crippen LogP) is 10.3. The third-order valence-corrected chi connectivity index (χ3v) is 8.95. The number of benzene rings is 6. The fraction of sp³-hybridized carbons (Fsp3) is 0.133. The van der Waals surface area contributed by atoms with Gasteiger partial charge in [-0.1, -0.05) is 121 Å². The molecule has 6 rings (SSSR count). The Morgan fingerprint density at radius 3 is 1.79 bits per heavy atom. The molecule has 0 spiro atoms. The van der Waals surface area contributed by atoms with Crippen LogP contribution in [0.4, 0.5) is 5.69 Å². The number of nitrogens with one attached hydrogen (secondary N) is 1. The molecule has 0 aliphatic rings. The number of amides is 2. The van der Waals surface area contributed by atoms with Crippen molar-refractivity contribution < 1.29 is 24.2 Å². The molecule has 0 aliphatic carbocycles. The second-order valence-electron chi connectivity index (χ2n) is 12.9. The van der Waals surface area contributed by atoms with Crippen LogP contribution in [0.15, 0.2) is 152 Å². The summed E-state index contributed by atoms with van der Waals surface area (Å²) in [6.07, 6.45) is -0.354. The molecule has 1 atom stereocenters. The molecule has 2 amide bonds. The first-order valence-electron chi connectivity index (χ1n) is 17.3. The average Bonchev–Trinajstić information content (AvgIpc) is 3.17. The summed E-state index contributed by atoms with van der Waals surface area (Å²) < 4.78 is 5.83. The monoisotopic (exact) mass is 722 g/mol. The van der Waals surface area contributed by atoms with Crippen LogP contribution in [0.3, 0.4) is 0 Å². The molecular weight excluding hydrogens is 684 g/mol. The van der Waals surface area contributed by atoms with Crippen LogP contribution < -0.4 is 15.0 Å². The van der Waals surface area contributed by atoms with Gasteiger partial charge in [-0.2, -0.15) is 0 Å². The van der Waals surface area contributed by atoms with Crippen molar-refractivity contribution in [1.82, 2.24) is 5.32 Å². The number of carbonyl (C=O) groups excluding carboxylic acids is 2. The van der Waals surface area contributed by atoms with Gasteiger partial charge in [-0.15, -0.1) is 0 Å². The van der Waals surface area contributed by atoms with Crippen LogP contribution in [0, 0.1) is 0 Å². The van der Waals surface area contributed by atoms with Crippen LogP contribution in [-0.4, -0.2) is 29.0 Å². The molecule has 7 nitrogen and oxygen atoms in total. The van der Waals surface area contributed by atoms with Gasteiger partial charge in [-0.25, -0.2) is 0 Å². The Bertz CT molecular complexity index is 2170. The largest absolute Gasteiger partial charge is 0.491 e. The van der Waals surface area contributed by atoms with E-state index >= 15 is 0 Å². The van der Waals surface area contributed by atoms with Gasteiger partial charge in [-0.05, 0) is 89.7 Å². The molecular formula is C45H39ClN2O5. The second kappa shape index (κ2) is 16.9. The first-order valence-corrected chi connectivity index (χ1v) is 17.7. The molecule has 0 radical (unpaired) electrons. The molecule has 266 valence electrons. The number of hydrogen-bond donors (Lipinski definition) is 2. The van der Waals surface area contributed by atoms with E-state index in [9.17, 15) is 19.5 Å². The maximum atomic E-state index is 14.5. The third-order valence-electron chi connectivity index (χ3n) is 8.72. The Kier molecular flexibility index (Phi) is 11.7. The van der Waals surface area contributed by atoms with E-state index < -0.39 is 17.9 Å². The highest BCUT2D eigenvalue weighted by Crippen LogP contribution is 2.31. The fourth-order valence-electron chi connectivity index (χ4n) is 6.11. The van der Waals surface area contributed by atoms with Crippen molar-refractivity contribution in [2.75, 3.05) is 4.90 Å². The van der Waals surface area contributed by atoms with E-state index in [-0.39, 0.29) is 35.6 Å². The molecule has 0 aliphatic heterocycles. The SMILES string of the molecule is CC(C)Oc1ccc(CN(C(=O)c2ccc(-c3ccccc3)cc2)c2ccc(Cl)cc2C(=O)NC(CC(=O)O)c2ccc(-c3ccccc3)cc2)cc1. The van der Waals surface area contributed by atoms with E-state index in [2.05, 4.69) is 5.32 Å². The molecule has 1 unspecified atom stereocenters. The van der Waals surface area contributed by atoms with E-state index in [1.165, 1.54) is 6.07 Å². The van der Waals surface area contributed by atoms with Gasteiger partial charge in [0.15, 0.2) is 0 Å². The van der Waals surface area contributed by atoms with Crippen LogP contribution in [-0.2, 0) is 11.3 Å². The van der Waals surface area contributed by atoms with Crippen molar-refractivity contribution in [3.63, 3.8) is 0 Å². The van der Waals surface area contributed by atoms with E-state index in [0.29, 0.717) is 22.6 Å². The lowest BCUT2D eigenvalue weighted by atomic mass is 9.98. The van der Waals surface area contributed by atoms with E-state index in [0.717, 1.165) is 27.8 Å². The molecule has 2 N–H and O–H groups in total. The lowest BCUT2D eigenvalue weighted by Crippen LogP contribution is -2.35. The maximum absolute atomic E-state index is 14.5. The standard InChI is InChI=1S/C45H39ClN2O5/c1-30(2)53-39-24-13-31(14-25-39)29-48(45(52)37-21-17-35(18-22-37)33-11-7-4-8-12-33)42-26-23-38(46)27-40(42)44(51)47-41(28-43(49)50)36-19-15-34(16-20-36)32-9-5-3-6-10-32/h3-27,30,41H,28-29H2,1-2H3,(H,47,51)(H,49,50). The Morgan fingerprint density at radius 2 is 1.25 bits per heavy atom. The zero-order valence-corrected chi connectivity index (χ0v) is 30.2. The smallest absolute Gasteiger partial charge is 0.305 e. The van der Waals surface area contributed by atoms with Crippen LogP contribution in [0.25, 0.3) is 22.3 Å². The average molecular weight is 723 g/mol. The van der Waals surface area contributed by atoms with Crippen molar-refractivity contribution in [3.05, 3.63) is 179 Å². The van der Waals surface area contributed by atoms with E-state index in [1.54, 1.807) is 29.2 Å². The quantitative estimate of drug-likeness (QED) is 0.124. The highest BCUT2D eigenvalue weighted by molar-refractivity contribution is 6.31. The van der Waals surface area contributed by atoms with Gasteiger partial charge in [0.25, 0.3) is 11.8 Å². The molecule has 6 aromatic rings. The van der Waals surface area contributed by atoms with Gasteiger partial charge in [0.05, 0.1) is 36.4 Å². The number of halogens is 1. The number of carboxylic acid groups (broad SMARTS) is 1. The fourth-order valence-corrected chi connectivity index (χ4v) is 6.29. The minimum Gasteiger partial charge on any atom is -0.491 e. The minimum absolute atomic E-state index is 0.000302. The summed E-state index contributed by atoms with van der Waals surface area (Å²) in [6, 6.07) is 45.8. The predicted molar refractivity (Wildman–Crippen MR) is 210 cm³/mol. The van der Waals surface area contributed by atoms with Gasteiger partial charge in [0.2, 0.25) is 0 Å². The zero-order chi connectivity index (χ0) is 37.3. The molecule has 0 fully saturated rings. The van der Waals surface area contributed by atoms with Crippen LogP contribution in [0.1, 0.15) is 58.2 Å². The van der Waals surface area contributed by atoms with Gasteiger partial charge >= 0.3 is 5.97 Å². The molecule has 0 saturated heterocycles. The lowest BCUT2D eigenvalue weighted by Gasteiger charge is -2.27. The Labute approximate surface area is 314 Å². The highest BCUT2D eigenvalue weighted by atomic mass is 35.5. The van der Waals surface area contributed by atoms with Crippen LogP contribution in [0.2, 0.25) is 5.02 Å². The normalized spacial score (nSPS) is 11.5. The summed E-state index contributed by atoms with van der Waals surface area (Å²) in [5, 5.41) is 13.0. The number of aliphatic carboxylic acids is 1. The van der Waals surface area contributed by atoms with Gasteiger partial charge in [-0.3, -0.25) is 14.4 Å². The molecule has 0 aromatic heterocycles. The van der Waals surface area contributed by atoms with Crippen LogP contribution >= 0.6 is 11.6 Å². The Morgan fingerprint density at radius 1 is 0.698 bits per heavy atom. The maximum Gasteiger partial charge on any atom is 0.305 e. The first kappa shape index (κ1) is 36.6. The van der Waals surface area contributed by atoms with Crippen molar-refractivity contribution in [2.24, 2.45) is 0 Å². The highest BCUT2D eigenvalue weighted by Gasteiger charge is 2.27. The molecule has 8 heteroatoms. The number of hydrogen-bond acceptors (Lipinski definition) is 4. The zero-order valence-electron chi connectivity index (χ0n) is 29.4. The number of rotatable bonds is 13. The molecule has 0 heterocycles. The summed E-state index contributed by atoms with van der Waals surface area (Å²) >= 11 is 6.48. The van der Waals surface area contributed by atoms with E-state index in [1.807, 2.05) is 135 Å². The summed E-state index contributed by atoms with van der Waals surface area (Å²) in [7, 11) is 0. The molecule has 53 heavy (non-hydrogen) atoms. The third kappa shape index (κ3) is 9.39. The summed E-state index contributed by atoms with van der Waals surface area (Å²) in [6.45, 7) is 4.03. The number of carbonyl (C=O) groups is 3. The number of ether oxygens (including phenoxy) is 1. The van der Waals surface area contributed by atoms with Gasteiger partial charge in [0.1, 0.15) is 5.75 Å². The second-order valence-corrected chi connectivity index (χ2v) is 13.4. The van der Waals surface area contributed by atoms with Crippen molar-refractivity contribution >= 4 is 35.1 Å². The van der Waals surface area contributed by atoms with Crippen LogP contribution in [0.5, 0.6) is 5.75 Å². The number of anilines is 1. The Hall–Kier alpha value is -6.18. The van der Waals surface area contributed by atoms with E-state index in [4.69, 9.17) is 16.3 Å². The minimum atomic E-state index is -1.07. The van der Waals surface area contributed by atoms with Crippen molar-refractivity contribution in [3.8, 4) is 28.0 Å².